The van der Waals surface area contributed by atoms with Gasteiger partial charge >= 0.3 is 0 Å². The zero-order chi connectivity index (χ0) is 16.7. The molecule has 1 N–H and O–H groups in total. The third-order valence-electron chi connectivity index (χ3n) is 3.42. The summed E-state index contributed by atoms with van der Waals surface area (Å²) in [7, 11) is 5.43. The van der Waals surface area contributed by atoms with Crippen molar-refractivity contribution >= 4 is 5.91 Å². The smallest absolute Gasteiger partial charge is 0.258 e. The SMILES string of the molecule is COc1ccccc1OCC(=O)NC[C@H](c1ccco1)N(C)C. The highest BCUT2D eigenvalue weighted by Crippen LogP contribution is 2.25. The lowest BCUT2D eigenvalue weighted by Gasteiger charge is -2.22. The Morgan fingerprint density at radius 3 is 2.57 bits per heavy atom. The first-order valence-electron chi connectivity index (χ1n) is 7.34. The molecule has 2 rings (SSSR count). The molecule has 0 radical (unpaired) electrons. The lowest BCUT2D eigenvalue weighted by Crippen LogP contribution is -2.36. The summed E-state index contributed by atoms with van der Waals surface area (Å²) in [6.07, 6.45) is 1.62. The second-order valence-corrected chi connectivity index (χ2v) is 5.24. The van der Waals surface area contributed by atoms with E-state index >= 15 is 0 Å². The van der Waals surface area contributed by atoms with Gasteiger partial charge in [-0.3, -0.25) is 9.69 Å². The van der Waals surface area contributed by atoms with Crippen molar-refractivity contribution < 1.29 is 18.7 Å². The minimum absolute atomic E-state index is 0.0276. The molecular formula is C17H22N2O4. The van der Waals surface area contributed by atoms with Crippen LogP contribution in [0.1, 0.15) is 11.8 Å². The molecule has 1 aromatic carbocycles. The van der Waals surface area contributed by atoms with E-state index in [9.17, 15) is 4.79 Å². The molecule has 2 aromatic rings. The van der Waals surface area contributed by atoms with Crippen molar-refractivity contribution in [3.63, 3.8) is 0 Å². The van der Waals surface area contributed by atoms with Gasteiger partial charge in [-0.25, -0.2) is 0 Å². The van der Waals surface area contributed by atoms with Gasteiger partial charge in [0.15, 0.2) is 18.1 Å². The van der Waals surface area contributed by atoms with Crippen molar-refractivity contribution in [3.8, 4) is 11.5 Å². The fraction of sp³-hybridized carbons (Fsp3) is 0.353. The molecule has 0 saturated carbocycles. The summed E-state index contributed by atoms with van der Waals surface area (Å²) in [5.41, 5.74) is 0. The van der Waals surface area contributed by atoms with Crippen molar-refractivity contribution in [2.24, 2.45) is 0 Å². The molecule has 0 aliphatic carbocycles. The van der Waals surface area contributed by atoms with E-state index in [2.05, 4.69) is 5.32 Å². The molecule has 6 nitrogen and oxygen atoms in total. The topological polar surface area (TPSA) is 63.9 Å². The minimum atomic E-state index is -0.200. The van der Waals surface area contributed by atoms with Crippen LogP contribution in [0.3, 0.4) is 0 Å². The zero-order valence-electron chi connectivity index (χ0n) is 13.6. The van der Waals surface area contributed by atoms with Gasteiger partial charge in [-0.1, -0.05) is 12.1 Å². The van der Waals surface area contributed by atoms with Gasteiger partial charge in [0.05, 0.1) is 19.4 Å². The molecule has 6 heteroatoms. The van der Waals surface area contributed by atoms with Crippen molar-refractivity contribution in [1.29, 1.82) is 0 Å². The number of para-hydroxylation sites is 2. The Kier molecular flexibility index (Phi) is 6.05. The fourth-order valence-corrected chi connectivity index (χ4v) is 2.16. The molecule has 0 spiro atoms. The van der Waals surface area contributed by atoms with Crippen molar-refractivity contribution in [3.05, 3.63) is 48.4 Å². The van der Waals surface area contributed by atoms with Crippen LogP contribution in [0.2, 0.25) is 0 Å². The molecule has 1 aromatic heterocycles. The normalized spacial score (nSPS) is 12.0. The molecule has 0 bridgehead atoms. The summed E-state index contributed by atoms with van der Waals surface area (Å²) >= 11 is 0. The number of nitrogens with zero attached hydrogens (tertiary/aromatic N) is 1. The van der Waals surface area contributed by atoms with Crippen LogP contribution in [0.5, 0.6) is 11.5 Å². The maximum atomic E-state index is 12.0. The number of methoxy groups -OCH3 is 1. The summed E-state index contributed by atoms with van der Waals surface area (Å²) in [6, 6.07) is 10.9. The predicted molar refractivity (Wildman–Crippen MR) is 86.6 cm³/mol. The lowest BCUT2D eigenvalue weighted by atomic mass is 10.2. The molecular weight excluding hydrogens is 296 g/mol. The number of ether oxygens (including phenoxy) is 2. The predicted octanol–water partition coefficient (Wildman–Crippen LogP) is 2.09. The van der Waals surface area contributed by atoms with Gasteiger partial charge in [0.2, 0.25) is 0 Å². The largest absolute Gasteiger partial charge is 0.493 e. The summed E-state index contributed by atoms with van der Waals surface area (Å²) < 4.78 is 16.1. The Morgan fingerprint density at radius 1 is 1.22 bits per heavy atom. The Hall–Kier alpha value is -2.47. The fourth-order valence-electron chi connectivity index (χ4n) is 2.16. The number of likely N-dealkylation sites (N-methyl/N-ethyl adjacent to an activating group) is 1. The highest BCUT2D eigenvalue weighted by molar-refractivity contribution is 5.77. The van der Waals surface area contributed by atoms with E-state index in [4.69, 9.17) is 13.9 Å². The molecule has 1 amide bonds. The van der Waals surface area contributed by atoms with E-state index < -0.39 is 0 Å². The average molecular weight is 318 g/mol. The minimum Gasteiger partial charge on any atom is -0.493 e. The summed E-state index contributed by atoms with van der Waals surface area (Å²) in [4.78, 5) is 14.0. The highest BCUT2D eigenvalue weighted by Gasteiger charge is 2.18. The summed E-state index contributed by atoms with van der Waals surface area (Å²) in [6.45, 7) is 0.368. The van der Waals surface area contributed by atoms with Crippen molar-refractivity contribution in [1.82, 2.24) is 10.2 Å². The summed E-state index contributed by atoms with van der Waals surface area (Å²) in [5.74, 6) is 1.75. The first-order chi connectivity index (χ1) is 11.1. The molecule has 0 aliphatic heterocycles. The monoisotopic (exact) mass is 318 g/mol. The van der Waals surface area contributed by atoms with Gasteiger partial charge in [-0.05, 0) is 38.4 Å². The molecule has 0 unspecified atom stereocenters. The van der Waals surface area contributed by atoms with E-state index in [1.165, 1.54) is 0 Å². The van der Waals surface area contributed by atoms with Crippen LogP contribution in [0.4, 0.5) is 0 Å². The Bertz CT molecular complexity index is 611. The molecule has 23 heavy (non-hydrogen) atoms. The van der Waals surface area contributed by atoms with Crippen molar-refractivity contribution in [2.75, 3.05) is 34.4 Å². The number of carbonyl (C=O) groups is 1. The first-order valence-corrected chi connectivity index (χ1v) is 7.34. The Labute approximate surface area is 136 Å². The molecule has 0 saturated heterocycles. The number of hydrogen-bond donors (Lipinski definition) is 1. The Balaban J connectivity index is 1.85. The average Bonchev–Trinajstić information content (AvgIpc) is 3.07. The van der Waals surface area contributed by atoms with Crippen molar-refractivity contribution in [2.45, 2.75) is 6.04 Å². The number of rotatable bonds is 8. The third kappa shape index (κ3) is 4.75. The second-order valence-electron chi connectivity index (χ2n) is 5.24. The van der Waals surface area contributed by atoms with Gasteiger partial charge in [0, 0.05) is 6.54 Å². The highest BCUT2D eigenvalue weighted by atomic mass is 16.5. The number of benzene rings is 1. The van der Waals surface area contributed by atoms with Gasteiger partial charge in [0.25, 0.3) is 5.91 Å². The Morgan fingerprint density at radius 2 is 1.96 bits per heavy atom. The van der Waals surface area contributed by atoms with Crippen LogP contribution in [0.15, 0.2) is 47.1 Å². The third-order valence-corrected chi connectivity index (χ3v) is 3.42. The van der Waals surface area contributed by atoms with E-state index in [0.717, 1.165) is 5.76 Å². The van der Waals surface area contributed by atoms with E-state index in [1.807, 2.05) is 43.3 Å². The lowest BCUT2D eigenvalue weighted by molar-refractivity contribution is -0.123. The van der Waals surface area contributed by atoms with E-state index in [-0.39, 0.29) is 18.6 Å². The van der Waals surface area contributed by atoms with Crippen LogP contribution in [0.25, 0.3) is 0 Å². The van der Waals surface area contributed by atoms with E-state index in [0.29, 0.717) is 18.0 Å². The molecule has 1 heterocycles. The molecule has 0 fully saturated rings. The van der Waals surface area contributed by atoms with Crippen LogP contribution < -0.4 is 14.8 Å². The van der Waals surface area contributed by atoms with Crippen LogP contribution >= 0.6 is 0 Å². The standard InChI is InChI=1S/C17H22N2O4/c1-19(2)13(14-9-6-10-22-14)11-18-17(20)12-23-16-8-5-4-7-15(16)21-3/h4-10,13H,11-12H2,1-3H3,(H,18,20)/t13-/m1/s1. The van der Waals surface area contributed by atoms with Crippen LogP contribution in [0, 0.1) is 0 Å². The molecule has 0 aliphatic rings. The van der Waals surface area contributed by atoms with Gasteiger partial charge in [-0.15, -0.1) is 0 Å². The van der Waals surface area contributed by atoms with Crippen LogP contribution in [-0.2, 0) is 4.79 Å². The number of nitrogens with one attached hydrogen (secondary N) is 1. The summed E-state index contributed by atoms with van der Waals surface area (Å²) in [5, 5.41) is 2.85. The number of amides is 1. The maximum absolute atomic E-state index is 12.0. The van der Waals surface area contributed by atoms with Crippen LogP contribution in [-0.4, -0.2) is 45.2 Å². The number of carbonyl (C=O) groups excluding carboxylic acids is 1. The van der Waals surface area contributed by atoms with Gasteiger partial charge < -0.3 is 19.2 Å². The van der Waals surface area contributed by atoms with Gasteiger partial charge in [-0.2, -0.15) is 0 Å². The van der Waals surface area contributed by atoms with E-state index in [1.54, 1.807) is 25.5 Å². The number of hydrogen-bond acceptors (Lipinski definition) is 5. The number of furan rings is 1. The first kappa shape index (κ1) is 16.9. The zero-order valence-corrected chi connectivity index (χ0v) is 13.6. The molecule has 124 valence electrons. The van der Waals surface area contributed by atoms with Gasteiger partial charge in [0.1, 0.15) is 5.76 Å². The maximum Gasteiger partial charge on any atom is 0.258 e. The second kappa shape index (κ2) is 8.24. The molecule has 1 atom stereocenters. The quantitative estimate of drug-likeness (QED) is 0.807.